The molecule has 0 unspecified atom stereocenters. The van der Waals surface area contributed by atoms with Crippen molar-refractivity contribution >= 4 is 22.8 Å². The third-order valence-electron chi connectivity index (χ3n) is 5.13. The van der Waals surface area contributed by atoms with Gasteiger partial charge in [0.15, 0.2) is 11.9 Å². The van der Waals surface area contributed by atoms with E-state index in [2.05, 4.69) is 16.4 Å². The fourth-order valence-electron chi connectivity index (χ4n) is 2.83. The Morgan fingerprint density at radius 1 is 1.20 bits per heavy atom. The normalized spacial score (nSPS) is 14.0. The Bertz CT molecular complexity index is 1120. The van der Waals surface area contributed by atoms with Crippen LogP contribution in [0.25, 0.3) is 22.4 Å². The number of para-hydroxylation sites is 1. The van der Waals surface area contributed by atoms with Gasteiger partial charge < -0.3 is 14.5 Å². The maximum absolute atomic E-state index is 12.9. The van der Waals surface area contributed by atoms with E-state index < -0.39 is 23.5 Å². The highest BCUT2D eigenvalue weighted by Gasteiger charge is 2.33. The van der Waals surface area contributed by atoms with Gasteiger partial charge in [-0.3, -0.25) is 4.79 Å². The summed E-state index contributed by atoms with van der Waals surface area (Å²) < 4.78 is 10.8. The van der Waals surface area contributed by atoms with Gasteiger partial charge in [0.2, 0.25) is 0 Å². The van der Waals surface area contributed by atoms with Crippen molar-refractivity contribution in [2.75, 3.05) is 0 Å². The van der Waals surface area contributed by atoms with E-state index in [1.165, 1.54) is 13.2 Å². The van der Waals surface area contributed by atoms with Crippen LogP contribution in [-0.2, 0) is 9.53 Å². The van der Waals surface area contributed by atoms with Crippen LogP contribution in [0.4, 0.5) is 0 Å². The molecule has 1 aromatic carbocycles. The summed E-state index contributed by atoms with van der Waals surface area (Å²) >= 11 is 0. The zero-order chi connectivity index (χ0) is 21.9. The molecule has 3 rings (SSSR count). The van der Waals surface area contributed by atoms with Crippen LogP contribution in [-0.4, -0.2) is 28.5 Å². The molecule has 2 atom stereocenters. The lowest BCUT2D eigenvalue weighted by molar-refractivity contribution is -0.130. The van der Waals surface area contributed by atoms with Crippen molar-refractivity contribution in [3.8, 4) is 17.5 Å². The molecule has 154 valence electrons. The number of pyridine rings is 1. The third-order valence-corrected chi connectivity index (χ3v) is 5.13. The van der Waals surface area contributed by atoms with Crippen molar-refractivity contribution < 1.29 is 18.7 Å². The van der Waals surface area contributed by atoms with E-state index in [1.807, 2.05) is 19.9 Å². The van der Waals surface area contributed by atoms with Crippen LogP contribution in [0, 0.1) is 17.2 Å². The van der Waals surface area contributed by atoms with Gasteiger partial charge in [0.1, 0.15) is 11.2 Å². The molecule has 30 heavy (non-hydrogen) atoms. The number of carbonyl (C=O) groups excluding carboxylic acids is 2. The van der Waals surface area contributed by atoms with Gasteiger partial charge in [-0.2, -0.15) is 5.26 Å². The minimum Gasteiger partial charge on any atom is -0.463 e. The molecular formula is C23H23N3O4. The maximum atomic E-state index is 12.9. The molecule has 0 spiro atoms. The Hall–Kier alpha value is -3.66. The van der Waals surface area contributed by atoms with E-state index in [0.29, 0.717) is 22.4 Å². The van der Waals surface area contributed by atoms with Gasteiger partial charge in [-0.05, 0) is 44.0 Å². The predicted octanol–water partition coefficient (Wildman–Crippen LogP) is 4.09. The molecule has 0 aliphatic rings. The summed E-state index contributed by atoms with van der Waals surface area (Å²) in [6.07, 6.45) is 0.445. The molecule has 0 bridgehead atoms. The largest absolute Gasteiger partial charge is 0.463 e. The van der Waals surface area contributed by atoms with Gasteiger partial charge in [0.05, 0.1) is 23.4 Å². The molecule has 3 aromatic rings. The molecule has 2 heterocycles. The fourth-order valence-corrected chi connectivity index (χ4v) is 2.83. The Kier molecular flexibility index (Phi) is 5.88. The minimum atomic E-state index is -1.08. The average molecular weight is 405 g/mol. The second kappa shape index (κ2) is 8.37. The molecule has 7 heteroatoms. The van der Waals surface area contributed by atoms with Crippen LogP contribution in [0.2, 0.25) is 0 Å². The number of benzene rings is 1. The first-order valence-corrected chi connectivity index (χ1v) is 9.63. The number of fused-ring (bicyclic) bond motifs is 1. The minimum absolute atomic E-state index is 0.116. The molecule has 0 fully saturated rings. The maximum Gasteiger partial charge on any atom is 0.339 e. The topological polar surface area (TPSA) is 105 Å². The van der Waals surface area contributed by atoms with Gasteiger partial charge in [-0.1, -0.05) is 32.0 Å². The molecule has 0 aliphatic heterocycles. The zero-order valence-corrected chi connectivity index (χ0v) is 17.3. The lowest BCUT2D eigenvalue weighted by Gasteiger charge is -2.28. The summed E-state index contributed by atoms with van der Waals surface area (Å²) in [6.45, 7) is 6.77. The van der Waals surface area contributed by atoms with Gasteiger partial charge in [-0.25, -0.2) is 9.78 Å². The highest BCUT2D eigenvalue weighted by Crippen LogP contribution is 2.26. The van der Waals surface area contributed by atoms with Crippen molar-refractivity contribution in [2.45, 2.75) is 39.3 Å². The van der Waals surface area contributed by atoms with Gasteiger partial charge in [0.25, 0.3) is 5.91 Å². The number of hydrogen-bond acceptors (Lipinski definition) is 6. The number of hydrogen-bond donors (Lipinski definition) is 1. The second-order valence-corrected chi connectivity index (χ2v) is 7.56. The fraction of sp³-hybridized carbons (Fsp3) is 0.304. The van der Waals surface area contributed by atoms with E-state index in [1.54, 1.807) is 43.3 Å². The number of amides is 1. The van der Waals surface area contributed by atoms with Crippen LogP contribution in [0.5, 0.6) is 0 Å². The molecular weight excluding hydrogens is 382 g/mol. The molecule has 2 aromatic heterocycles. The van der Waals surface area contributed by atoms with Gasteiger partial charge >= 0.3 is 5.97 Å². The van der Waals surface area contributed by atoms with Crippen LogP contribution in [0.3, 0.4) is 0 Å². The van der Waals surface area contributed by atoms with Crippen molar-refractivity contribution in [1.29, 1.82) is 5.26 Å². The van der Waals surface area contributed by atoms with Crippen LogP contribution < -0.4 is 5.32 Å². The summed E-state index contributed by atoms with van der Waals surface area (Å²) in [4.78, 5) is 30.0. The number of aromatic nitrogens is 1. The summed E-state index contributed by atoms with van der Waals surface area (Å²) in [7, 11) is 0. The molecule has 7 nitrogen and oxygen atoms in total. The standard InChI is InChI=1S/C23H23N3O4/c1-14(2)23(4,13-24)26-21(27)15(3)30-22(28)17-12-19(20-10-7-11-29-20)25-18-9-6-5-8-16(17)18/h5-12,14-15H,1-4H3,(H,26,27)/t15-,23+/m0/s1. The Labute approximate surface area is 174 Å². The molecule has 0 saturated heterocycles. The number of furan rings is 1. The summed E-state index contributed by atoms with van der Waals surface area (Å²) in [5.74, 6) is -0.797. The monoisotopic (exact) mass is 405 g/mol. The summed E-state index contributed by atoms with van der Waals surface area (Å²) in [5, 5.41) is 12.7. The van der Waals surface area contributed by atoms with Gasteiger partial charge in [-0.15, -0.1) is 0 Å². The molecule has 0 aliphatic carbocycles. The van der Waals surface area contributed by atoms with E-state index in [4.69, 9.17) is 9.15 Å². The number of esters is 1. The first kappa shape index (κ1) is 21.1. The van der Waals surface area contributed by atoms with Crippen molar-refractivity contribution in [3.05, 3.63) is 54.3 Å². The first-order valence-electron chi connectivity index (χ1n) is 9.63. The zero-order valence-electron chi connectivity index (χ0n) is 17.3. The van der Waals surface area contributed by atoms with E-state index >= 15 is 0 Å². The Morgan fingerprint density at radius 3 is 2.57 bits per heavy atom. The number of nitrogens with zero attached hydrogens (tertiary/aromatic N) is 2. The molecule has 0 saturated carbocycles. The lowest BCUT2D eigenvalue weighted by Crippen LogP contribution is -2.52. The van der Waals surface area contributed by atoms with Gasteiger partial charge in [0, 0.05) is 5.39 Å². The van der Waals surface area contributed by atoms with Crippen LogP contribution in [0.15, 0.2) is 53.1 Å². The SMILES string of the molecule is CC(C)[C@@](C)(C#N)NC(=O)[C@H](C)OC(=O)c1cc(-c2ccco2)nc2ccccc12. The highest BCUT2D eigenvalue weighted by molar-refractivity contribution is 6.05. The first-order chi connectivity index (χ1) is 14.2. The number of ether oxygens (including phenoxy) is 1. The quantitative estimate of drug-likeness (QED) is 0.619. The lowest BCUT2D eigenvalue weighted by atomic mass is 9.90. The second-order valence-electron chi connectivity index (χ2n) is 7.56. The number of carbonyl (C=O) groups is 2. The van der Waals surface area contributed by atoms with Crippen LogP contribution >= 0.6 is 0 Å². The Balaban J connectivity index is 1.88. The summed E-state index contributed by atoms with van der Waals surface area (Å²) in [5.41, 5.74) is 0.304. The van der Waals surface area contributed by atoms with E-state index in [-0.39, 0.29) is 11.5 Å². The highest BCUT2D eigenvalue weighted by atomic mass is 16.5. The predicted molar refractivity (Wildman–Crippen MR) is 111 cm³/mol. The number of nitriles is 1. The third kappa shape index (κ3) is 4.18. The summed E-state index contributed by atoms with van der Waals surface area (Å²) in [6, 6.07) is 14.3. The van der Waals surface area contributed by atoms with Crippen molar-refractivity contribution in [1.82, 2.24) is 10.3 Å². The molecule has 1 N–H and O–H groups in total. The number of rotatable bonds is 6. The van der Waals surface area contributed by atoms with Crippen LogP contribution in [0.1, 0.15) is 38.1 Å². The van der Waals surface area contributed by atoms with E-state index in [9.17, 15) is 14.9 Å². The molecule has 1 amide bonds. The molecule has 0 radical (unpaired) electrons. The van der Waals surface area contributed by atoms with Crippen molar-refractivity contribution in [3.63, 3.8) is 0 Å². The average Bonchev–Trinajstić information content (AvgIpc) is 3.27. The smallest absolute Gasteiger partial charge is 0.339 e. The number of nitrogens with one attached hydrogen (secondary N) is 1. The van der Waals surface area contributed by atoms with E-state index in [0.717, 1.165) is 0 Å². The Morgan fingerprint density at radius 2 is 1.93 bits per heavy atom. The van der Waals surface area contributed by atoms with Crippen molar-refractivity contribution in [2.24, 2.45) is 5.92 Å².